The van der Waals surface area contributed by atoms with Gasteiger partial charge in [0.1, 0.15) is 5.84 Å². The van der Waals surface area contributed by atoms with Crippen molar-refractivity contribution >= 4 is 21.8 Å². The zero-order chi connectivity index (χ0) is 10.9. The number of halogens is 1. The van der Waals surface area contributed by atoms with Gasteiger partial charge in [-0.15, -0.1) is 0 Å². The van der Waals surface area contributed by atoms with Crippen LogP contribution < -0.4 is 5.73 Å². The van der Waals surface area contributed by atoms with Crippen LogP contribution in [-0.2, 0) is 5.41 Å². The number of benzene rings is 1. The molecule has 0 atom stereocenters. The van der Waals surface area contributed by atoms with Gasteiger partial charge in [0.25, 0.3) is 0 Å². The summed E-state index contributed by atoms with van der Waals surface area (Å²) >= 11 is 3.42. The fourth-order valence-corrected chi connectivity index (χ4v) is 2.73. The Hall–Kier alpha value is -0.830. The van der Waals surface area contributed by atoms with E-state index in [1.165, 1.54) is 18.4 Å². The van der Waals surface area contributed by atoms with Crippen molar-refractivity contribution in [3.05, 3.63) is 34.3 Å². The molecule has 0 aromatic heterocycles. The summed E-state index contributed by atoms with van der Waals surface area (Å²) in [6.07, 6.45) is 4.39. The summed E-state index contributed by atoms with van der Waals surface area (Å²) in [6, 6.07) is 8.21. The number of hydrogen-bond donors (Lipinski definition) is 2. The lowest BCUT2D eigenvalue weighted by Crippen LogP contribution is -2.38. The van der Waals surface area contributed by atoms with E-state index in [2.05, 4.69) is 28.1 Å². The zero-order valence-electron chi connectivity index (χ0n) is 8.59. The number of rotatable bonds is 2. The van der Waals surface area contributed by atoms with E-state index in [4.69, 9.17) is 11.1 Å². The van der Waals surface area contributed by atoms with E-state index in [1.54, 1.807) is 0 Å². The average molecular weight is 267 g/mol. The van der Waals surface area contributed by atoms with Crippen LogP contribution >= 0.6 is 15.9 Å². The third-order valence-electron chi connectivity index (χ3n) is 3.37. The van der Waals surface area contributed by atoms with E-state index in [1.807, 2.05) is 12.1 Å². The molecule has 1 fully saturated rings. The fourth-order valence-electron chi connectivity index (χ4n) is 2.46. The van der Waals surface area contributed by atoms with Gasteiger partial charge in [0.15, 0.2) is 0 Å². The van der Waals surface area contributed by atoms with Crippen LogP contribution in [0.4, 0.5) is 0 Å². The second-order valence-electron chi connectivity index (χ2n) is 4.21. The minimum absolute atomic E-state index is 0.180. The molecule has 0 heterocycles. The van der Waals surface area contributed by atoms with Crippen molar-refractivity contribution < 1.29 is 0 Å². The molecular formula is C12H15BrN2. The van der Waals surface area contributed by atoms with Crippen LogP contribution in [0, 0.1) is 5.41 Å². The summed E-state index contributed by atoms with van der Waals surface area (Å²) in [5.74, 6) is 0.322. The molecule has 1 aliphatic carbocycles. The van der Waals surface area contributed by atoms with E-state index in [0.717, 1.165) is 17.3 Å². The highest BCUT2D eigenvalue weighted by Crippen LogP contribution is 2.41. The summed E-state index contributed by atoms with van der Waals surface area (Å²) in [5.41, 5.74) is 6.78. The Balaban J connectivity index is 2.41. The second-order valence-corrected chi connectivity index (χ2v) is 5.13. The van der Waals surface area contributed by atoms with Gasteiger partial charge in [-0.05, 0) is 30.5 Å². The van der Waals surface area contributed by atoms with E-state index in [0.29, 0.717) is 5.84 Å². The Morgan fingerprint density at radius 3 is 2.20 bits per heavy atom. The summed E-state index contributed by atoms with van der Waals surface area (Å²) < 4.78 is 1.07. The Morgan fingerprint density at radius 2 is 1.73 bits per heavy atom. The van der Waals surface area contributed by atoms with Gasteiger partial charge in [0.05, 0.1) is 5.41 Å². The van der Waals surface area contributed by atoms with Crippen molar-refractivity contribution in [3.8, 4) is 0 Å². The lowest BCUT2D eigenvalue weighted by Gasteiger charge is -2.28. The molecule has 0 aliphatic heterocycles. The van der Waals surface area contributed by atoms with Crippen molar-refractivity contribution in [3.63, 3.8) is 0 Å². The van der Waals surface area contributed by atoms with Gasteiger partial charge in [0.2, 0.25) is 0 Å². The fraction of sp³-hybridized carbons (Fsp3) is 0.417. The highest BCUT2D eigenvalue weighted by molar-refractivity contribution is 9.10. The summed E-state index contributed by atoms with van der Waals surface area (Å²) in [4.78, 5) is 0. The second kappa shape index (κ2) is 3.97. The molecule has 0 bridgehead atoms. The molecule has 2 nitrogen and oxygen atoms in total. The summed E-state index contributed by atoms with van der Waals surface area (Å²) in [7, 11) is 0. The molecule has 1 aromatic rings. The Labute approximate surface area is 98.5 Å². The predicted octanol–water partition coefficient (Wildman–Crippen LogP) is 3.20. The molecule has 15 heavy (non-hydrogen) atoms. The predicted molar refractivity (Wildman–Crippen MR) is 66.2 cm³/mol. The van der Waals surface area contributed by atoms with Crippen LogP contribution in [-0.4, -0.2) is 5.84 Å². The molecule has 1 aromatic carbocycles. The average Bonchev–Trinajstić information content (AvgIpc) is 2.69. The quantitative estimate of drug-likeness (QED) is 0.627. The van der Waals surface area contributed by atoms with E-state index in [-0.39, 0.29) is 5.41 Å². The first-order valence-electron chi connectivity index (χ1n) is 5.26. The molecular weight excluding hydrogens is 252 g/mol. The van der Waals surface area contributed by atoms with Crippen LogP contribution in [0.1, 0.15) is 31.2 Å². The topological polar surface area (TPSA) is 49.9 Å². The first-order valence-corrected chi connectivity index (χ1v) is 6.05. The van der Waals surface area contributed by atoms with Crippen molar-refractivity contribution in [2.45, 2.75) is 31.1 Å². The molecule has 1 saturated carbocycles. The normalized spacial score (nSPS) is 19.0. The molecule has 1 aliphatic rings. The van der Waals surface area contributed by atoms with E-state index >= 15 is 0 Å². The highest BCUT2D eigenvalue weighted by atomic mass is 79.9. The highest BCUT2D eigenvalue weighted by Gasteiger charge is 2.38. The van der Waals surface area contributed by atoms with Crippen LogP contribution in [0.15, 0.2) is 28.7 Å². The molecule has 0 spiro atoms. The minimum atomic E-state index is -0.180. The molecule has 3 N–H and O–H groups in total. The largest absolute Gasteiger partial charge is 0.387 e. The molecule has 0 radical (unpaired) electrons. The van der Waals surface area contributed by atoms with Crippen LogP contribution in [0.2, 0.25) is 0 Å². The maximum Gasteiger partial charge on any atom is 0.101 e. The smallest absolute Gasteiger partial charge is 0.101 e. The number of nitrogens with one attached hydrogen (secondary N) is 1. The van der Waals surface area contributed by atoms with Gasteiger partial charge >= 0.3 is 0 Å². The van der Waals surface area contributed by atoms with Crippen LogP contribution in [0.3, 0.4) is 0 Å². The lowest BCUT2D eigenvalue weighted by atomic mass is 9.78. The van der Waals surface area contributed by atoms with E-state index < -0.39 is 0 Å². The maximum atomic E-state index is 7.80. The van der Waals surface area contributed by atoms with Gasteiger partial charge in [0, 0.05) is 4.47 Å². The van der Waals surface area contributed by atoms with Gasteiger partial charge < -0.3 is 5.73 Å². The number of nitrogens with two attached hydrogens (primary N) is 1. The first-order chi connectivity index (χ1) is 7.15. The molecule has 0 amide bonds. The van der Waals surface area contributed by atoms with Crippen molar-refractivity contribution in [2.24, 2.45) is 5.73 Å². The Morgan fingerprint density at radius 1 is 1.20 bits per heavy atom. The monoisotopic (exact) mass is 266 g/mol. The minimum Gasteiger partial charge on any atom is -0.387 e. The van der Waals surface area contributed by atoms with Gasteiger partial charge in [-0.3, -0.25) is 5.41 Å². The molecule has 80 valence electrons. The summed E-state index contributed by atoms with van der Waals surface area (Å²) in [6.45, 7) is 0. The first kappa shape index (κ1) is 10.7. The van der Waals surface area contributed by atoms with Crippen molar-refractivity contribution in [1.82, 2.24) is 0 Å². The van der Waals surface area contributed by atoms with Crippen molar-refractivity contribution in [2.75, 3.05) is 0 Å². The van der Waals surface area contributed by atoms with Crippen LogP contribution in [0.25, 0.3) is 0 Å². The lowest BCUT2D eigenvalue weighted by molar-refractivity contribution is 0.590. The third kappa shape index (κ3) is 1.81. The van der Waals surface area contributed by atoms with Crippen molar-refractivity contribution in [1.29, 1.82) is 5.41 Å². The molecule has 0 unspecified atom stereocenters. The Kier molecular flexibility index (Phi) is 2.83. The van der Waals surface area contributed by atoms with Crippen LogP contribution in [0.5, 0.6) is 0 Å². The third-order valence-corrected chi connectivity index (χ3v) is 3.90. The number of amidine groups is 1. The Bertz CT molecular complexity index is 364. The van der Waals surface area contributed by atoms with Gasteiger partial charge in [-0.1, -0.05) is 40.9 Å². The van der Waals surface area contributed by atoms with Gasteiger partial charge in [-0.25, -0.2) is 0 Å². The molecule has 0 saturated heterocycles. The SMILES string of the molecule is N=C(N)C1(c2ccc(Br)cc2)CCCC1. The zero-order valence-corrected chi connectivity index (χ0v) is 10.2. The van der Waals surface area contributed by atoms with Gasteiger partial charge in [-0.2, -0.15) is 0 Å². The molecule has 2 rings (SSSR count). The number of hydrogen-bond acceptors (Lipinski definition) is 1. The molecule has 3 heteroatoms. The summed E-state index contributed by atoms with van der Waals surface area (Å²) in [5, 5.41) is 7.80. The standard InChI is InChI=1S/C12H15BrN2/c13-10-5-3-9(4-6-10)12(11(14)15)7-1-2-8-12/h3-6H,1-2,7-8H2,(H3,14,15). The maximum absolute atomic E-state index is 7.80. The van der Waals surface area contributed by atoms with E-state index in [9.17, 15) is 0 Å².